The number of nitrogens with one attached hydrogen (secondary N) is 1. The van der Waals surface area contributed by atoms with Crippen LogP contribution in [0.2, 0.25) is 0 Å². The van der Waals surface area contributed by atoms with E-state index < -0.39 is 0 Å². The van der Waals surface area contributed by atoms with Crippen molar-refractivity contribution >= 4 is 0 Å². The predicted molar refractivity (Wildman–Crippen MR) is 59.9 cm³/mol. The van der Waals surface area contributed by atoms with Gasteiger partial charge in [-0.1, -0.05) is 34.1 Å². The summed E-state index contributed by atoms with van der Waals surface area (Å²) in [5, 5.41) is 3.20. The molecule has 0 radical (unpaired) electrons. The molecule has 1 heterocycles. The second-order valence-electron chi connectivity index (χ2n) is 4.47. The molecular weight excluding hydrogens is 174 g/mol. The molecular formula is C12H23NO. The van der Waals surface area contributed by atoms with E-state index in [9.17, 15) is 0 Å². The van der Waals surface area contributed by atoms with Crippen LogP contribution in [0.3, 0.4) is 0 Å². The van der Waals surface area contributed by atoms with Gasteiger partial charge in [0.2, 0.25) is 0 Å². The third kappa shape index (κ3) is 1.89. The quantitative estimate of drug-likeness (QED) is 0.748. The highest BCUT2D eigenvalue weighted by molar-refractivity contribution is 5.02. The first kappa shape index (κ1) is 11.4. The average Bonchev–Trinajstić information content (AvgIpc) is 2.59. The lowest BCUT2D eigenvalue weighted by Crippen LogP contribution is -2.42. The zero-order chi connectivity index (χ0) is 10.8. The van der Waals surface area contributed by atoms with Crippen molar-refractivity contribution in [3.8, 4) is 0 Å². The molecule has 0 saturated carbocycles. The van der Waals surface area contributed by atoms with Crippen LogP contribution in [0, 0.1) is 11.8 Å². The molecule has 0 amide bonds. The van der Waals surface area contributed by atoms with E-state index in [1.54, 1.807) is 0 Å². The van der Waals surface area contributed by atoms with E-state index in [0.29, 0.717) is 11.8 Å². The Balaban J connectivity index is 2.74. The summed E-state index contributed by atoms with van der Waals surface area (Å²) in [6.45, 7) is 13.8. The standard InChI is InChI=1S/C12H23NO/c1-6-9(3)10(4)12(7-2)8-13-11(5)14-12/h9-10,13H,5-8H2,1-4H3. The van der Waals surface area contributed by atoms with Crippen LogP contribution in [-0.2, 0) is 4.74 Å². The van der Waals surface area contributed by atoms with Crippen molar-refractivity contribution in [2.45, 2.75) is 46.1 Å². The summed E-state index contributed by atoms with van der Waals surface area (Å²) in [6, 6.07) is 0. The molecule has 0 bridgehead atoms. The predicted octanol–water partition coefficient (Wildman–Crippen LogP) is 2.91. The van der Waals surface area contributed by atoms with Gasteiger partial charge in [0.05, 0.1) is 6.54 Å². The number of hydrogen-bond donors (Lipinski definition) is 1. The van der Waals surface area contributed by atoms with Crippen LogP contribution >= 0.6 is 0 Å². The van der Waals surface area contributed by atoms with Gasteiger partial charge in [-0.15, -0.1) is 0 Å². The summed E-state index contributed by atoms with van der Waals surface area (Å²) in [5.41, 5.74) is -0.0213. The fraction of sp³-hybridized carbons (Fsp3) is 0.833. The van der Waals surface area contributed by atoms with Gasteiger partial charge in [0.15, 0.2) is 5.88 Å². The van der Waals surface area contributed by atoms with E-state index in [1.165, 1.54) is 6.42 Å². The summed E-state index contributed by atoms with van der Waals surface area (Å²) < 4.78 is 5.88. The van der Waals surface area contributed by atoms with Crippen molar-refractivity contribution in [2.75, 3.05) is 6.54 Å². The average molecular weight is 197 g/mol. The number of rotatable bonds is 4. The Morgan fingerprint density at radius 3 is 2.50 bits per heavy atom. The van der Waals surface area contributed by atoms with Crippen LogP contribution in [0.5, 0.6) is 0 Å². The summed E-state index contributed by atoms with van der Waals surface area (Å²) in [4.78, 5) is 0. The van der Waals surface area contributed by atoms with Gasteiger partial charge in [-0.25, -0.2) is 0 Å². The minimum Gasteiger partial charge on any atom is -0.471 e. The Labute approximate surface area is 87.7 Å². The SMILES string of the molecule is C=C1NCC(CC)(C(C)C(C)CC)O1. The van der Waals surface area contributed by atoms with Crippen molar-refractivity contribution in [3.63, 3.8) is 0 Å². The van der Waals surface area contributed by atoms with E-state index >= 15 is 0 Å². The summed E-state index contributed by atoms with van der Waals surface area (Å²) >= 11 is 0. The Morgan fingerprint density at radius 1 is 1.50 bits per heavy atom. The molecule has 0 aromatic heterocycles. The topological polar surface area (TPSA) is 21.3 Å². The minimum atomic E-state index is -0.0213. The van der Waals surface area contributed by atoms with Crippen LogP contribution in [0.15, 0.2) is 12.5 Å². The maximum atomic E-state index is 5.88. The molecule has 2 heteroatoms. The Hall–Kier alpha value is -0.660. The normalized spacial score (nSPS) is 30.7. The largest absolute Gasteiger partial charge is 0.471 e. The molecule has 3 atom stereocenters. The van der Waals surface area contributed by atoms with Crippen molar-refractivity contribution in [3.05, 3.63) is 12.5 Å². The molecule has 1 aliphatic rings. The van der Waals surface area contributed by atoms with Gasteiger partial charge in [-0.3, -0.25) is 0 Å². The zero-order valence-electron chi connectivity index (χ0n) is 9.89. The van der Waals surface area contributed by atoms with Crippen LogP contribution in [0.25, 0.3) is 0 Å². The van der Waals surface area contributed by atoms with Gasteiger partial charge in [0.1, 0.15) is 5.60 Å². The molecule has 14 heavy (non-hydrogen) atoms. The lowest BCUT2D eigenvalue weighted by Gasteiger charge is -2.36. The molecule has 82 valence electrons. The second-order valence-corrected chi connectivity index (χ2v) is 4.47. The van der Waals surface area contributed by atoms with Crippen LogP contribution in [-0.4, -0.2) is 12.1 Å². The van der Waals surface area contributed by atoms with Gasteiger partial charge in [-0.2, -0.15) is 0 Å². The maximum Gasteiger partial charge on any atom is 0.180 e. The fourth-order valence-electron chi connectivity index (χ4n) is 2.21. The molecule has 2 nitrogen and oxygen atoms in total. The third-order valence-corrected chi connectivity index (χ3v) is 3.84. The Morgan fingerprint density at radius 2 is 2.14 bits per heavy atom. The van der Waals surface area contributed by atoms with E-state index in [0.717, 1.165) is 18.8 Å². The van der Waals surface area contributed by atoms with Gasteiger partial charge in [0.25, 0.3) is 0 Å². The summed E-state index contributed by atoms with van der Waals surface area (Å²) in [5.74, 6) is 2.01. The van der Waals surface area contributed by atoms with Crippen molar-refractivity contribution in [1.29, 1.82) is 0 Å². The van der Waals surface area contributed by atoms with Gasteiger partial charge >= 0.3 is 0 Å². The molecule has 0 aromatic carbocycles. The highest BCUT2D eigenvalue weighted by Gasteiger charge is 2.42. The molecule has 3 unspecified atom stereocenters. The summed E-state index contributed by atoms with van der Waals surface area (Å²) in [6.07, 6.45) is 2.25. The van der Waals surface area contributed by atoms with E-state index in [2.05, 4.69) is 39.6 Å². The lowest BCUT2D eigenvalue weighted by atomic mass is 9.77. The molecule has 1 fully saturated rings. The molecule has 0 spiro atoms. The molecule has 1 aliphatic heterocycles. The molecule has 0 aliphatic carbocycles. The van der Waals surface area contributed by atoms with Gasteiger partial charge in [-0.05, 0) is 18.9 Å². The number of ether oxygens (including phenoxy) is 1. The van der Waals surface area contributed by atoms with E-state index in [4.69, 9.17) is 4.74 Å². The monoisotopic (exact) mass is 197 g/mol. The Bertz CT molecular complexity index is 214. The fourth-order valence-corrected chi connectivity index (χ4v) is 2.21. The molecule has 1 saturated heterocycles. The highest BCUT2D eigenvalue weighted by atomic mass is 16.5. The highest BCUT2D eigenvalue weighted by Crippen LogP contribution is 2.36. The Kier molecular flexibility index (Phi) is 3.46. The van der Waals surface area contributed by atoms with E-state index in [-0.39, 0.29) is 5.60 Å². The van der Waals surface area contributed by atoms with Crippen molar-refractivity contribution < 1.29 is 4.74 Å². The smallest absolute Gasteiger partial charge is 0.180 e. The van der Waals surface area contributed by atoms with Crippen LogP contribution < -0.4 is 5.32 Å². The lowest BCUT2D eigenvalue weighted by molar-refractivity contribution is -0.0227. The first-order chi connectivity index (χ1) is 6.55. The molecule has 1 N–H and O–H groups in total. The third-order valence-electron chi connectivity index (χ3n) is 3.84. The first-order valence-electron chi connectivity index (χ1n) is 5.67. The van der Waals surface area contributed by atoms with Crippen molar-refractivity contribution in [1.82, 2.24) is 5.32 Å². The zero-order valence-corrected chi connectivity index (χ0v) is 9.89. The molecule has 0 aromatic rings. The van der Waals surface area contributed by atoms with E-state index in [1.807, 2.05) is 0 Å². The second kappa shape index (κ2) is 4.24. The number of hydrogen-bond acceptors (Lipinski definition) is 2. The molecule has 1 rings (SSSR count). The van der Waals surface area contributed by atoms with Crippen molar-refractivity contribution in [2.24, 2.45) is 11.8 Å². The minimum absolute atomic E-state index is 0.0213. The van der Waals surface area contributed by atoms with Crippen LogP contribution in [0.1, 0.15) is 40.5 Å². The van der Waals surface area contributed by atoms with Gasteiger partial charge in [0, 0.05) is 5.92 Å². The first-order valence-corrected chi connectivity index (χ1v) is 5.67. The maximum absolute atomic E-state index is 5.88. The summed E-state index contributed by atoms with van der Waals surface area (Å²) in [7, 11) is 0. The van der Waals surface area contributed by atoms with Gasteiger partial charge < -0.3 is 10.1 Å². The van der Waals surface area contributed by atoms with Crippen LogP contribution in [0.4, 0.5) is 0 Å².